The van der Waals surface area contributed by atoms with E-state index in [0.29, 0.717) is 0 Å². The fourth-order valence-electron chi connectivity index (χ4n) is 3.83. The van der Waals surface area contributed by atoms with E-state index in [0.717, 1.165) is 22.3 Å². The highest BCUT2D eigenvalue weighted by molar-refractivity contribution is 5.84. The third-order valence-electron chi connectivity index (χ3n) is 5.41. The van der Waals surface area contributed by atoms with E-state index < -0.39 is 49.5 Å². The SMILES string of the molecule is O=C(CC(NC(=O)OCC1c2ccccc2-c2ccccc21)C(F)F)N[C@@H](CCO)C(=O)O. The van der Waals surface area contributed by atoms with Crippen molar-refractivity contribution in [2.75, 3.05) is 13.2 Å². The van der Waals surface area contributed by atoms with Gasteiger partial charge in [0.15, 0.2) is 0 Å². The largest absolute Gasteiger partial charge is 0.480 e. The normalized spacial score (nSPS) is 14.2. The molecule has 1 aliphatic carbocycles. The Bertz CT molecular complexity index is 970. The van der Waals surface area contributed by atoms with Gasteiger partial charge in [0.25, 0.3) is 6.43 Å². The monoisotopic (exact) mass is 462 g/mol. The summed E-state index contributed by atoms with van der Waals surface area (Å²) in [5, 5.41) is 21.9. The van der Waals surface area contributed by atoms with E-state index in [9.17, 15) is 23.2 Å². The first-order valence-corrected chi connectivity index (χ1v) is 10.3. The number of fused-ring (bicyclic) bond motifs is 3. The molecule has 0 aromatic heterocycles. The molecule has 0 fully saturated rings. The number of carbonyl (C=O) groups excluding carboxylic acids is 2. The van der Waals surface area contributed by atoms with Gasteiger partial charge < -0.3 is 25.6 Å². The van der Waals surface area contributed by atoms with Crippen LogP contribution in [-0.2, 0) is 14.3 Å². The fourth-order valence-corrected chi connectivity index (χ4v) is 3.83. The van der Waals surface area contributed by atoms with E-state index in [2.05, 4.69) is 5.32 Å². The molecule has 2 amide bonds. The maximum atomic E-state index is 13.4. The van der Waals surface area contributed by atoms with Gasteiger partial charge in [-0.3, -0.25) is 4.79 Å². The van der Waals surface area contributed by atoms with Crippen molar-refractivity contribution in [3.05, 3.63) is 59.7 Å². The highest BCUT2D eigenvalue weighted by atomic mass is 19.3. The maximum absolute atomic E-state index is 13.4. The summed E-state index contributed by atoms with van der Waals surface area (Å²) in [6.45, 7) is -0.590. The Balaban J connectivity index is 1.60. The van der Waals surface area contributed by atoms with Crippen molar-refractivity contribution in [3.63, 3.8) is 0 Å². The third-order valence-corrected chi connectivity index (χ3v) is 5.41. The zero-order valence-electron chi connectivity index (χ0n) is 17.5. The van der Waals surface area contributed by atoms with Crippen LogP contribution in [0.5, 0.6) is 0 Å². The minimum Gasteiger partial charge on any atom is -0.480 e. The maximum Gasteiger partial charge on any atom is 0.407 e. The number of rotatable bonds is 10. The number of alkyl halides is 2. The lowest BCUT2D eigenvalue weighted by atomic mass is 9.98. The average molecular weight is 462 g/mol. The number of aliphatic hydroxyl groups is 1. The molecule has 2 aromatic carbocycles. The lowest BCUT2D eigenvalue weighted by molar-refractivity contribution is -0.142. The Morgan fingerprint density at radius 3 is 2.06 bits per heavy atom. The number of aliphatic carboxylic acids is 1. The highest BCUT2D eigenvalue weighted by Gasteiger charge is 2.31. The second kappa shape index (κ2) is 10.9. The van der Waals surface area contributed by atoms with E-state index in [4.69, 9.17) is 14.9 Å². The van der Waals surface area contributed by atoms with Crippen LogP contribution in [0, 0.1) is 0 Å². The van der Waals surface area contributed by atoms with Crippen LogP contribution in [0.4, 0.5) is 13.6 Å². The quantitative estimate of drug-likeness (QED) is 0.430. The van der Waals surface area contributed by atoms with Gasteiger partial charge in [0.05, 0.1) is 6.42 Å². The summed E-state index contributed by atoms with van der Waals surface area (Å²) in [5.41, 5.74) is 3.94. The van der Waals surface area contributed by atoms with Crippen LogP contribution in [0.3, 0.4) is 0 Å². The van der Waals surface area contributed by atoms with Gasteiger partial charge in [0, 0.05) is 18.9 Å². The Morgan fingerprint density at radius 1 is 0.970 bits per heavy atom. The van der Waals surface area contributed by atoms with Crippen molar-refractivity contribution >= 4 is 18.0 Å². The standard InChI is InChI=1S/C23H24F2N2O6/c24-21(25)19(11-20(29)26-18(9-10-28)22(30)31)27-23(32)33-12-17-15-7-3-1-5-13(15)14-6-2-4-8-16(14)17/h1-8,17-19,21,28H,9-12H2,(H,26,29)(H,27,32)(H,30,31)/t18-,19?/m0/s1. The van der Waals surface area contributed by atoms with Crippen molar-refractivity contribution in [1.82, 2.24) is 10.6 Å². The molecule has 0 bridgehead atoms. The average Bonchev–Trinajstić information content (AvgIpc) is 3.10. The van der Waals surface area contributed by atoms with E-state index in [1.807, 2.05) is 53.8 Å². The molecule has 8 nitrogen and oxygen atoms in total. The van der Waals surface area contributed by atoms with E-state index in [1.54, 1.807) is 0 Å². The van der Waals surface area contributed by atoms with Crippen LogP contribution in [0.25, 0.3) is 11.1 Å². The Morgan fingerprint density at radius 2 is 1.55 bits per heavy atom. The molecule has 0 spiro atoms. The number of ether oxygens (including phenoxy) is 1. The molecule has 1 aliphatic rings. The molecule has 10 heteroatoms. The first-order valence-electron chi connectivity index (χ1n) is 10.3. The van der Waals surface area contributed by atoms with Gasteiger partial charge in [-0.2, -0.15) is 0 Å². The van der Waals surface area contributed by atoms with E-state index in [1.165, 1.54) is 0 Å². The summed E-state index contributed by atoms with van der Waals surface area (Å²) in [6, 6.07) is 12.0. The second-order valence-corrected chi connectivity index (χ2v) is 7.59. The summed E-state index contributed by atoms with van der Waals surface area (Å²) < 4.78 is 32.0. The Labute approximate surface area is 188 Å². The molecule has 2 atom stereocenters. The van der Waals surface area contributed by atoms with Crippen molar-refractivity contribution in [1.29, 1.82) is 0 Å². The number of benzene rings is 2. The molecule has 0 radical (unpaired) electrons. The predicted octanol–water partition coefficient (Wildman–Crippen LogP) is 2.50. The molecule has 0 heterocycles. The number of nitrogens with one attached hydrogen (secondary N) is 2. The molecule has 0 aliphatic heterocycles. The van der Waals surface area contributed by atoms with Crippen LogP contribution in [0.1, 0.15) is 29.9 Å². The molecular formula is C23H24F2N2O6. The van der Waals surface area contributed by atoms with Crippen molar-refractivity contribution < 1.29 is 38.1 Å². The topological polar surface area (TPSA) is 125 Å². The smallest absolute Gasteiger partial charge is 0.407 e. The zero-order valence-corrected chi connectivity index (χ0v) is 17.5. The number of carbonyl (C=O) groups is 3. The first kappa shape index (κ1) is 24.1. The molecule has 4 N–H and O–H groups in total. The number of carboxylic acid groups (broad SMARTS) is 1. The Hall–Kier alpha value is -3.53. The van der Waals surface area contributed by atoms with Crippen LogP contribution in [0.15, 0.2) is 48.5 Å². The van der Waals surface area contributed by atoms with Crippen LogP contribution < -0.4 is 10.6 Å². The van der Waals surface area contributed by atoms with Crippen molar-refractivity contribution in [2.45, 2.75) is 37.3 Å². The number of hydrogen-bond donors (Lipinski definition) is 4. The molecule has 2 aromatic rings. The minimum absolute atomic E-state index is 0.0837. The van der Waals surface area contributed by atoms with Gasteiger partial charge >= 0.3 is 12.1 Å². The lowest BCUT2D eigenvalue weighted by Gasteiger charge is -2.20. The van der Waals surface area contributed by atoms with Gasteiger partial charge in [-0.05, 0) is 22.3 Å². The van der Waals surface area contributed by atoms with E-state index >= 15 is 0 Å². The van der Waals surface area contributed by atoms with E-state index in [-0.39, 0.29) is 18.9 Å². The summed E-state index contributed by atoms with van der Waals surface area (Å²) in [6.07, 6.45) is -5.32. The third kappa shape index (κ3) is 5.83. The van der Waals surface area contributed by atoms with Gasteiger partial charge in [-0.25, -0.2) is 18.4 Å². The molecule has 33 heavy (non-hydrogen) atoms. The zero-order chi connectivity index (χ0) is 24.0. The molecule has 3 rings (SSSR count). The first-order chi connectivity index (χ1) is 15.8. The van der Waals surface area contributed by atoms with Crippen LogP contribution in [-0.4, -0.2) is 59.9 Å². The number of aliphatic hydroxyl groups excluding tert-OH is 1. The van der Waals surface area contributed by atoms with Crippen molar-refractivity contribution in [2.24, 2.45) is 0 Å². The van der Waals surface area contributed by atoms with Gasteiger partial charge in [0.2, 0.25) is 5.91 Å². The van der Waals surface area contributed by atoms with Gasteiger partial charge in [0.1, 0.15) is 18.7 Å². The minimum atomic E-state index is -3.09. The number of alkyl carbamates (subject to hydrolysis) is 1. The van der Waals surface area contributed by atoms with Crippen LogP contribution >= 0.6 is 0 Å². The second-order valence-electron chi connectivity index (χ2n) is 7.59. The molecule has 0 saturated heterocycles. The summed E-state index contributed by atoms with van der Waals surface area (Å²) in [7, 11) is 0. The van der Waals surface area contributed by atoms with Gasteiger partial charge in [-0.15, -0.1) is 0 Å². The Kier molecular flexibility index (Phi) is 7.94. The molecular weight excluding hydrogens is 438 g/mol. The molecule has 0 saturated carbocycles. The van der Waals surface area contributed by atoms with Crippen molar-refractivity contribution in [3.8, 4) is 11.1 Å². The lowest BCUT2D eigenvalue weighted by Crippen LogP contribution is -2.47. The fraction of sp³-hybridized carbons (Fsp3) is 0.348. The number of hydrogen-bond acceptors (Lipinski definition) is 5. The number of carboxylic acids is 1. The highest BCUT2D eigenvalue weighted by Crippen LogP contribution is 2.44. The van der Waals surface area contributed by atoms with Gasteiger partial charge in [-0.1, -0.05) is 48.5 Å². The number of amides is 2. The molecule has 176 valence electrons. The number of halogens is 2. The summed E-state index contributed by atoms with van der Waals surface area (Å²) in [4.78, 5) is 35.3. The summed E-state index contributed by atoms with van der Waals surface area (Å²) in [5.74, 6) is -2.66. The predicted molar refractivity (Wildman–Crippen MR) is 114 cm³/mol. The summed E-state index contributed by atoms with van der Waals surface area (Å²) >= 11 is 0. The van der Waals surface area contributed by atoms with Crippen LogP contribution in [0.2, 0.25) is 0 Å². The molecule has 1 unspecified atom stereocenters.